The average Bonchev–Trinajstić information content (AvgIpc) is 2.45. The lowest BCUT2D eigenvalue weighted by Crippen LogP contribution is -2.33. The Hall–Kier alpha value is -1.55. The van der Waals surface area contributed by atoms with Crippen LogP contribution >= 0.6 is 0 Å². The van der Waals surface area contributed by atoms with Crippen molar-refractivity contribution >= 4 is 6.09 Å². The van der Waals surface area contributed by atoms with Crippen LogP contribution in [0.25, 0.3) is 0 Å². The first-order valence-electron chi connectivity index (χ1n) is 7.71. The smallest absolute Gasteiger partial charge is 0.407 e. The summed E-state index contributed by atoms with van der Waals surface area (Å²) < 4.78 is 5.28. The molecule has 4 nitrogen and oxygen atoms in total. The highest BCUT2D eigenvalue weighted by Gasteiger charge is 2.19. The maximum absolute atomic E-state index is 11.8. The molecule has 21 heavy (non-hydrogen) atoms. The fourth-order valence-electron chi connectivity index (χ4n) is 2.69. The van der Waals surface area contributed by atoms with Crippen LogP contribution in [0.15, 0.2) is 24.3 Å². The van der Waals surface area contributed by atoms with Crippen molar-refractivity contribution in [3.8, 4) is 0 Å². The Morgan fingerprint density at radius 2 is 2.14 bits per heavy atom. The number of carbonyl (C=O) groups is 1. The topological polar surface area (TPSA) is 50.4 Å². The summed E-state index contributed by atoms with van der Waals surface area (Å²) in [6, 6.07) is 8.35. The van der Waals surface area contributed by atoms with Crippen molar-refractivity contribution in [1.29, 1.82) is 0 Å². The number of alkyl carbamates (subject to hydrolysis) is 1. The van der Waals surface area contributed by atoms with Gasteiger partial charge in [0.05, 0.1) is 0 Å². The fraction of sp³-hybridized carbons (Fsp3) is 0.588. The summed E-state index contributed by atoms with van der Waals surface area (Å²) in [5.41, 5.74) is 2.05. The van der Waals surface area contributed by atoms with Gasteiger partial charge >= 0.3 is 6.09 Å². The molecule has 0 spiro atoms. The molecule has 1 aromatic carbocycles. The summed E-state index contributed by atoms with van der Waals surface area (Å²) in [7, 11) is 0. The van der Waals surface area contributed by atoms with E-state index in [-0.39, 0.29) is 6.09 Å². The number of hydrogen-bond donors (Lipinski definition) is 2. The van der Waals surface area contributed by atoms with Crippen molar-refractivity contribution in [2.45, 2.75) is 51.7 Å². The van der Waals surface area contributed by atoms with Gasteiger partial charge in [-0.05, 0) is 57.2 Å². The van der Waals surface area contributed by atoms with Gasteiger partial charge in [0.2, 0.25) is 0 Å². The van der Waals surface area contributed by atoms with Crippen LogP contribution in [0, 0.1) is 0 Å². The first-order valence-corrected chi connectivity index (χ1v) is 7.71. The summed E-state index contributed by atoms with van der Waals surface area (Å²) >= 11 is 0. The van der Waals surface area contributed by atoms with Gasteiger partial charge in [-0.1, -0.05) is 24.3 Å². The summed E-state index contributed by atoms with van der Waals surface area (Å²) in [5.74, 6) is 0.537. The molecule has 1 saturated heterocycles. The zero-order valence-electron chi connectivity index (χ0n) is 13.2. The molecule has 1 amide bonds. The van der Waals surface area contributed by atoms with E-state index >= 15 is 0 Å². The second-order valence-corrected chi connectivity index (χ2v) is 6.60. The molecular formula is C17H26N2O2. The van der Waals surface area contributed by atoms with Crippen LogP contribution in [0.2, 0.25) is 0 Å². The molecule has 2 N–H and O–H groups in total. The Bertz CT molecular complexity index is 474. The SMILES string of the molecule is CC(C)(C)OC(=O)NCc1ccccc1C1CCCNC1. The third-order valence-corrected chi connectivity index (χ3v) is 3.61. The molecule has 0 radical (unpaired) electrons. The van der Waals surface area contributed by atoms with Crippen molar-refractivity contribution in [2.24, 2.45) is 0 Å². The van der Waals surface area contributed by atoms with E-state index in [1.165, 1.54) is 24.0 Å². The molecule has 0 bridgehead atoms. The van der Waals surface area contributed by atoms with Gasteiger partial charge in [-0.15, -0.1) is 0 Å². The Morgan fingerprint density at radius 3 is 2.81 bits per heavy atom. The molecule has 4 heteroatoms. The number of hydrogen-bond acceptors (Lipinski definition) is 3. The van der Waals surface area contributed by atoms with Gasteiger partial charge in [-0.25, -0.2) is 4.79 Å². The highest BCUT2D eigenvalue weighted by molar-refractivity contribution is 5.67. The Balaban J connectivity index is 1.98. The first-order chi connectivity index (χ1) is 9.96. The van der Waals surface area contributed by atoms with Gasteiger partial charge < -0.3 is 15.4 Å². The van der Waals surface area contributed by atoms with E-state index < -0.39 is 5.60 Å². The zero-order chi connectivity index (χ0) is 15.3. The molecule has 116 valence electrons. The minimum absolute atomic E-state index is 0.362. The summed E-state index contributed by atoms with van der Waals surface area (Å²) in [6.45, 7) is 8.25. The van der Waals surface area contributed by atoms with E-state index in [0.717, 1.165) is 13.1 Å². The predicted octanol–water partition coefficient (Wildman–Crippen LogP) is 3.18. The average molecular weight is 290 g/mol. The third-order valence-electron chi connectivity index (χ3n) is 3.61. The molecule has 0 aliphatic carbocycles. The minimum atomic E-state index is -0.461. The van der Waals surface area contributed by atoms with Crippen LogP contribution in [0.1, 0.15) is 50.7 Å². The fourth-order valence-corrected chi connectivity index (χ4v) is 2.69. The van der Waals surface area contributed by atoms with Gasteiger partial charge in [-0.3, -0.25) is 0 Å². The molecule has 1 unspecified atom stereocenters. The Kier molecular flexibility index (Phi) is 5.23. The molecule has 1 atom stereocenters. The van der Waals surface area contributed by atoms with Crippen LogP contribution in [0.5, 0.6) is 0 Å². The van der Waals surface area contributed by atoms with Crippen LogP contribution < -0.4 is 10.6 Å². The molecule has 1 fully saturated rings. The lowest BCUT2D eigenvalue weighted by Gasteiger charge is -2.25. The summed E-state index contributed by atoms with van der Waals surface area (Å²) in [5, 5.41) is 6.30. The number of rotatable bonds is 3. The Morgan fingerprint density at radius 1 is 1.38 bits per heavy atom. The van der Waals surface area contributed by atoms with Crippen LogP contribution in [0.4, 0.5) is 4.79 Å². The number of nitrogens with one attached hydrogen (secondary N) is 2. The van der Waals surface area contributed by atoms with E-state index in [9.17, 15) is 4.79 Å². The standard InChI is InChI=1S/C17H26N2O2/c1-17(2,3)21-16(20)19-12-14-7-4-5-9-15(14)13-8-6-10-18-11-13/h4-5,7,9,13,18H,6,8,10-12H2,1-3H3,(H,19,20). The Labute approximate surface area is 127 Å². The van der Waals surface area contributed by atoms with Gasteiger partial charge in [0.15, 0.2) is 0 Å². The quantitative estimate of drug-likeness (QED) is 0.899. The summed E-state index contributed by atoms with van der Waals surface area (Å²) in [6.07, 6.45) is 2.05. The van der Waals surface area contributed by atoms with Crippen molar-refractivity contribution in [2.75, 3.05) is 13.1 Å². The maximum atomic E-state index is 11.8. The molecule has 0 aromatic heterocycles. The number of ether oxygens (including phenoxy) is 1. The highest BCUT2D eigenvalue weighted by atomic mass is 16.6. The van der Waals surface area contributed by atoms with Crippen molar-refractivity contribution in [3.05, 3.63) is 35.4 Å². The van der Waals surface area contributed by atoms with E-state index in [2.05, 4.69) is 28.8 Å². The van der Waals surface area contributed by atoms with Crippen molar-refractivity contribution < 1.29 is 9.53 Å². The van der Waals surface area contributed by atoms with E-state index in [1.807, 2.05) is 26.8 Å². The first kappa shape index (κ1) is 15.8. The molecule has 0 saturated carbocycles. The molecule has 1 aliphatic heterocycles. The second kappa shape index (κ2) is 6.94. The van der Waals surface area contributed by atoms with Crippen molar-refractivity contribution in [3.63, 3.8) is 0 Å². The molecular weight excluding hydrogens is 264 g/mol. The largest absolute Gasteiger partial charge is 0.444 e. The number of benzene rings is 1. The summed E-state index contributed by atoms with van der Waals surface area (Å²) in [4.78, 5) is 11.8. The van der Waals surface area contributed by atoms with E-state index in [4.69, 9.17) is 4.74 Å². The van der Waals surface area contributed by atoms with Crippen molar-refractivity contribution in [1.82, 2.24) is 10.6 Å². The van der Waals surface area contributed by atoms with Gasteiger partial charge in [0.25, 0.3) is 0 Å². The monoisotopic (exact) mass is 290 g/mol. The zero-order valence-corrected chi connectivity index (χ0v) is 13.2. The van der Waals surface area contributed by atoms with E-state index in [1.54, 1.807) is 0 Å². The van der Waals surface area contributed by atoms with Gasteiger partial charge in [0, 0.05) is 13.1 Å². The lowest BCUT2D eigenvalue weighted by atomic mass is 9.88. The van der Waals surface area contributed by atoms with Gasteiger partial charge in [-0.2, -0.15) is 0 Å². The lowest BCUT2D eigenvalue weighted by molar-refractivity contribution is 0.0523. The number of carbonyl (C=O) groups excluding carboxylic acids is 1. The van der Waals surface area contributed by atoms with E-state index in [0.29, 0.717) is 12.5 Å². The van der Waals surface area contributed by atoms with Crippen LogP contribution in [-0.4, -0.2) is 24.8 Å². The molecule has 1 heterocycles. The number of amides is 1. The highest BCUT2D eigenvalue weighted by Crippen LogP contribution is 2.26. The minimum Gasteiger partial charge on any atom is -0.444 e. The van der Waals surface area contributed by atoms with Crippen LogP contribution in [0.3, 0.4) is 0 Å². The molecule has 1 aromatic rings. The third kappa shape index (κ3) is 5.05. The second-order valence-electron chi connectivity index (χ2n) is 6.60. The van der Waals surface area contributed by atoms with Gasteiger partial charge in [0.1, 0.15) is 5.60 Å². The molecule has 2 rings (SSSR count). The maximum Gasteiger partial charge on any atom is 0.407 e. The van der Waals surface area contributed by atoms with Crippen LogP contribution in [-0.2, 0) is 11.3 Å². The normalized spacial score (nSPS) is 19.1. The predicted molar refractivity (Wildman–Crippen MR) is 84.4 cm³/mol. The number of piperidine rings is 1. The molecule has 1 aliphatic rings.